The van der Waals surface area contributed by atoms with Crippen LogP contribution in [0.1, 0.15) is 36.0 Å². The highest BCUT2D eigenvalue weighted by Crippen LogP contribution is 2.34. The molecule has 1 N–H and O–H groups in total. The highest BCUT2D eigenvalue weighted by molar-refractivity contribution is 5.84. The molecular formula is C23H25N3. The molecule has 4 rings (SSSR count). The highest BCUT2D eigenvalue weighted by Gasteiger charge is 2.30. The molecule has 1 fully saturated rings. The quantitative estimate of drug-likeness (QED) is 0.717. The summed E-state index contributed by atoms with van der Waals surface area (Å²) in [7, 11) is 2.26. The van der Waals surface area contributed by atoms with E-state index in [1.165, 1.54) is 35.8 Å². The number of aromatic amines is 1. The highest BCUT2D eigenvalue weighted by atomic mass is 15.1. The van der Waals surface area contributed by atoms with Crippen molar-refractivity contribution in [2.75, 3.05) is 7.05 Å². The van der Waals surface area contributed by atoms with E-state index >= 15 is 0 Å². The van der Waals surface area contributed by atoms with Gasteiger partial charge in [0.1, 0.15) is 0 Å². The summed E-state index contributed by atoms with van der Waals surface area (Å²) < 4.78 is 0. The predicted molar refractivity (Wildman–Crippen MR) is 106 cm³/mol. The Balaban J connectivity index is 1.51. The molecule has 0 aliphatic heterocycles. The van der Waals surface area contributed by atoms with Gasteiger partial charge in [-0.25, -0.2) is 0 Å². The van der Waals surface area contributed by atoms with Gasteiger partial charge in [0.05, 0.1) is 11.6 Å². The monoisotopic (exact) mass is 343 g/mol. The van der Waals surface area contributed by atoms with Crippen molar-refractivity contribution in [2.45, 2.75) is 38.3 Å². The summed E-state index contributed by atoms with van der Waals surface area (Å²) in [6.45, 7) is 1.01. The van der Waals surface area contributed by atoms with E-state index in [1.807, 2.05) is 18.2 Å². The van der Waals surface area contributed by atoms with Crippen LogP contribution in [-0.2, 0) is 13.0 Å². The third kappa shape index (κ3) is 3.38. The van der Waals surface area contributed by atoms with Gasteiger partial charge < -0.3 is 4.98 Å². The van der Waals surface area contributed by atoms with Crippen LogP contribution in [-0.4, -0.2) is 23.0 Å². The lowest BCUT2D eigenvalue weighted by Crippen LogP contribution is -2.35. The lowest BCUT2D eigenvalue weighted by Gasteiger charge is -2.30. The van der Waals surface area contributed by atoms with Crippen LogP contribution in [0, 0.1) is 17.2 Å². The number of nitrogens with zero attached hydrogens (tertiary/aromatic N) is 2. The van der Waals surface area contributed by atoms with Crippen molar-refractivity contribution in [2.24, 2.45) is 5.92 Å². The minimum atomic E-state index is 0.624. The molecule has 1 aliphatic rings. The van der Waals surface area contributed by atoms with Crippen molar-refractivity contribution in [1.82, 2.24) is 9.88 Å². The Bertz CT molecular complexity index is 920. The number of nitrogens with one attached hydrogen (secondary N) is 1. The maximum absolute atomic E-state index is 9.20. The van der Waals surface area contributed by atoms with E-state index in [0.29, 0.717) is 12.0 Å². The molecule has 132 valence electrons. The van der Waals surface area contributed by atoms with Crippen LogP contribution in [0.2, 0.25) is 0 Å². The Morgan fingerprint density at radius 1 is 1.15 bits per heavy atom. The average molecular weight is 343 g/mol. The summed E-state index contributed by atoms with van der Waals surface area (Å²) in [5, 5.41) is 10.4. The second kappa shape index (κ2) is 7.35. The fourth-order valence-corrected chi connectivity index (χ4v) is 4.52. The third-order valence-electron chi connectivity index (χ3n) is 5.84. The van der Waals surface area contributed by atoms with E-state index in [4.69, 9.17) is 0 Å². The van der Waals surface area contributed by atoms with Crippen LogP contribution in [0.25, 0.3) is 10.9 Å². The topological polar surface area (TPSA) is 42.8 Å². The zero-order valence-corrected chi connectivity index (χ0v) is 15.3. The molecule has 3 nitrogen and oxygen atoms in total. The Morgan fingerprint density at radius 2 is 2.00 bits per heavy atom. The van der Waals surface area contributed by atoms with E-state index in [1.54, 1.807) is 0 Å². The molecule has 2 aromatic carbocycles. The number of fused-ring (bicyclic) bond motifs is 1. The molecule has 1 heterocycles. The standard InChI is InChI=1S/C23H25N3/c1-26(16-17-6-3-2-4-7-17)23-9-5-8-19(23)13-20-15-25-22-11-10-18(14-24)12-21(20)22/h2-4,6-7,10-12,15,19,23,25H,5,8-9,13,16H2,1H3. The number of nitriles is 1. The lowest BCUT2D eigenvalue weighted by molar-refractivity contribution is 0.189. The van der Waals surface area contributed by atoms with Crippen LogP contribution < -0.4 is 0 Å². The van der Waals surface area contributed by atoms with Gasteiger partial charge in [0.2, 0.25) is 0 Å². The van der Waals surface area contributed by atoms with E-state index < -0.39 is 0 Å². The first-order valence-corrected chi connectivity index (χ1v) is 9.49. The summed E-state index contributed by atoms with van der Waals surface area (Å²) in [4.78, 5) is 5.90. The first-order chi connectivity index (χ1) is 12.7. The Morgan fingerprint density at radius 3 is 2.81 bits per heavy atom. The molecule has 0 amide bonds. The molecular weight excluding hydrogens is 318 g/mol. The van der Waals surface area contributed by atoms with Crippen LogP contribution in [0.5, 0.6) is 0 Å². The van der Waals surface area contributed by atoms with Gasteiger partial charge in [-0.05, 0) is 61.6 Å². The zero-order valence-electron chi connectivity index (χ0n) is 15.3. The summed E-state index contributed by atoms with van der Waals surface area (Å²) in [5.41, 5.74) is 4.60. The molecule has 26 heavy (non-hydrogen) atoms. The number of aromatic nitrogens is 1. The van der Waals surface area contributed by atoms with Crippen molar-refractivity contribution >= 4 is 10.9 Å². The van der Waals surface area contributed by atoms with E-state index in [2.05, 4.69) is 59.5 Å². The Kier molecular flexibility index (Phi) is 4.77. The second-order valence-corrected chi connectivity index (χ2v) is 7.55. The number of hydrogen-bond donors (Lipinski definition) is 1. The van der Waals surface area contributed by atoms with Gasteiger partial charge >= 0.3 is 0 Å². The van der Waals surface area contributed by atoms with Gasteiger partial charge in [-0.2, -0.15) is 5.26 Å². The van der Waals surface area contributed by atoms with Crippen molar-refractivity contribution < 1.29 is 0 Å². The third-order valence-corrected chi connectivity index (χ3v) is 5.84. The van der Waals surface area contributed by atoms with Gasteiger partial charge in [-0.15, -0.1) is 0 Å². The summed E-state index contributed by atoms with van der Waals surface area (Å²) >= 11 is 0. The zero-order chi connectivity index (χ0) is 17.9. The van der Waals surface area contributed by atoms with Crippen LogP contribution in [0.15, 0.2) is 54.7 Å². The van der Waals surface area contributed by atoms with Crippen LogP contribution in [0.3, 0.4) is 0 Å². The maximum atomic E-state index is 9.20. The van der Waals surface area contributed by atoms with Crippen molar-refractivity contribution in [3.63, 3.8) is 0 Å². The molecule has 3 heteroatoms. The Labute approximate surface area is 155 Å². The van der Waals surface area contributed by atoms with E-state index in [-0.39, 0.29) is 0 Å². The van der Waals surface area contributed by atoms with E-state index in [0.717, 1.165) is 24.0 Å². The smallest absolute Gasteiger partial charge is 0.0991 e. The predicted octanol–water partition coefficient (Wildman–Crippen LogP) is 4.88. The van der Waals surface area contributed by atoms with Crippen LogP contribution in [0.4, 0.5) is 0 Å². The molecule has 0 saturated heterocycles. The van der Waals surface area contributed by atoms with Crippen molar-refractivity contribution in [3.05, 3.63) is 71.4 Å². The normalized spacial score (nSPS) is 19.9. The van der Waals surface area contributed by atoms with Gasteiger partial charge in [0, 0.05) is 29.7 Å². The lowest BCUT2D eigenvalue weighted by atomic mass is 9.93. The van der Waals surface area contributed by atoms with Crippen LogP contribution >= 0.6 is 0 Å². The fraction of sp³-hybridized carbons (Fsp3) is 0.348. The fourth-order valence-electron chi connectivity index (χ4n) is 4.52. The van der Waals surface area contributed by atoms with Gasteiger partial charge in [-0.1, -0.05) is 36.8 Å². The molecule has 2 atom stereocenters. The first kappa shape index (κ1) is 16.9. The SMILES string of the molecule is CN(Cc1ccccc1)C1CCCC1Cc1c[nH]c2ccc(C#N)cc12. The second-order valence-electron chi connectivity index (χ2n) is 7.55. The van der Waals surface area contributed by atoms with E-state index in [9.17, 15) is 5.26 Å². The summed E-state index contributed by atoms with van der Waals surface area (Å²) in [6.07, 6.45) is 7.09. The molecule has 1 aliphatic carbocycles. The number of H-pyrrole nitrogens is 1. The average Bonchev–Trinajstić information content (AvgIpc) is 3.30. The minimum Gasteiger partial charge on any atom is -0.361 e. The van der Waals surface area contributed by atoms with Gasteiger partial charge in [0.15, 0.2) is 0 Å². The Hall–Kier alpha value is -2.57. The number of hydrogen-bond acceptors (Lipinski definition) is 2. The molecule has 3 aromatic rings. The number of benzene rings is 2. The molecule has 2 unspecified atom stereocenters. The van der Waals surface area contributed by atoms with Gasteiger partial charge in [-0.3, -0.25) is 4.90 Å². The van der Waals surface area contributed by atoms with Gasteiger partial charge in [0.25, 0.3) is 0 Å². The molecule has 0 spiro atoms. The number of rotatable bonds is 5. The van der Waals surface area contributed by atoms with Crippen molar-refractivity contribution in [1.29, 1.82) is 5.26 Å². The molecule has 1 saturated carbocycles. The minimum absolute atomic E-state index is 0.624. The first-order valence-electron chi connectivity index (χ1n) is 9.49. The summed E-state index contributed by atoms with van der Waals surface area (Å²) in [5.74, 6) is 0.674. The molecule has 0 bridgehead atoms. The van der Waals surface area contributed by atoms with Crippen molar-refractivity contribution in [3.8, 4) is 6.07 Å². The molecule has 1 aromatic heterocycles. The maximum Gasteiger partial charge on any atom is 0.0991 e. The molecule has 0 radical (unpaired) electrons. The summed E-state index contributed by atoms with van der Waals surface area (Å²) in [6, 6.07) is 19.6. The largest absolute Gasteiger partial charge is 0.361 e.